The van der Waals surface area contributed by atoms with Gasteiger partial charge in [0.05, 0.1) is 17.2 Å². The van der Waals surface area contributed by atoms with E-state index < -0.39 is 17.0 Å². The second-order valence-electron chi connectivity index (χ2n) is 7.01. The molecule has 1 aromatic heterocycles. The molecule has 148 valence electrons. The molecule has 1 saturated heterocycles. The Balaban J connectivity index is 1.65. The molecule has 0 saturated carbocycles. The number of aromatic nitrogens is 2. The molecule has 1 aliphatic rings. The fraction of sp³-hybridized carbons (Fsp3) is 0.273. The summed E-state index contributed by atoms with van der Waals surface area (Å²) >= 11 is 1.03. The minimum absolute atomic E-state index is 0.302. The van der Waals surface area contributed by atoms with Gasteiger partial charge in [-0.2, -0.15) is 10.4 Å². The number of nitriles is 1. The van der Waals surface area contributed by atoms with Gasteiger partial charge in [0, 0.05) is 47.4 Å². The van der Waals surface area contributed by atoms with Crippen LogP contribution < -0.4 is 0 Å². The van der Waals surface area contributed by atoms with E-state index in [9.17, 15) is 9.65 Å². The Morgan fingerprint density at radius 2 is 1.93 bits per heavy atom. The van der Waals surface area contributed by atoms with E-state index in [-0.39, 0.29) is 0 Å². The van der Waals surface area contributed by atoms with E-state index in [1.165, 1.54) is 6.07 Å². The van der Waals surface area contributed by atoms with Gasteiger partial charge in [-0.25, -0.2) is 8.78 Å². The first-order valence-electron chi connectivity index (χ1n) is 9.28. The number of aryl methyl sites for hydroxylation is 1. The molecule has 0 spiro atoms. The molecule has 0 amide bonds. The largest absolute Gasteiger partial charge is 0.381 e. The molecule has 0 radical (unpaired) electrons. The number of ether oxygens (including phenoxy) is 1. The van der Waals surface area contributed by atoms with Crippen LogP contribution in [0.2, 0.25) is 0 Å². The molecule has 4 nitrogen and oxygen atoms in total. The molecule has 7 heteroatoms. The van der Waals surface area contributed by atoms with Crippen molar-refractivity contribution in [1.82, 2.24) is 9.78 Å². The van der Waals surface area contributed by atoms with E-state index in [2.05, 4.69) is 11.2 Å². The summed E-state index contributed by atoms with van der Waals surface area (Å²) in [5, 5.41) is 13.8. The summed E-state index contributed by atoms with van der Waals surface area (Å²) < 4.78 is 37.1. The molecule has 0 atom stereocenters. The van der Waals surface area contributed by atoms with Gasteiger partial charge in [0.2, 0.25) is 0 Å². The average Bonchev–Trinajstić information content (AvgIpc) is 3.17. The highest BCUT2D eigenvalue weighted by Crippen LogP contribution is 2.40. The molecule has 0 N–H and O–H groups in total. The number of benzene rings is 2. The zero-order valence-electron chi connectivity index (χ0n) is 15.9. The fourth-order valence-electron chi connectivity index (χ4n) is 3.64. The van der Waals surface area contributed by atoms with E-state index in [0.717, 1.165) is 17.5 Å². The van der Waals surface area contributed by atoms with Crippen molar-refractivity contribution in [1.29, 1.82) is 5.26 Å². The number of rotatable bonds is 4. The van der Waals surface area contributed by atoms with E-state index in [4.69, 9.17) is 4.74 Å². The van der Waals surface area contributed by atoms with Crippen LogP contribution in [0.3, 0.4) is 0 Å². The highest BCUT2D eigenvalue weighted by Gasteiger charge is 2.37. The molecule has 29 heavy (non-hydrogen) atoms. The summed E-state index contributed by atoms with van der Waals surface area (Å²) in [7, 11) is 1.79. The van der Waals surface area contributed by atoms with Crippen LogP contribution in [0.5, 0.6) is 0 Å². The summed E-state index contributed by atoms with van der Waals surface area (Å²) in [6, 6.07) is 13.9. The molecule has 1 aliphatic heterocycles. The molecule has 2 aromatic carbocycles. The molecule has 1 fully saturated rings. The fourth-order valence-corrected chi connectivity index (χ4v) is 4.51. The van der Waals surface area contributed by atoms with Crippen molar-refractivity contribution in [3.05, 3.63) is 65.9 Å². The first-order chi connectivity index (χ1) is 14.0. The van der Waals surface area contributed by atoms with Gasteiger partial charge in [0.25, 0.3) is 0 Å². The van der Waals surface area contributed by atoms with Gasteiger partial charge in [-0.1, -0.05) is 30.0 Å². The number of hydrogen-bond acceptors (Lipinski definition) is 4. The Bertz CT molecular complexity index is 1080. The third-order valence-electron chi connectivity index (χ3n) is 5.31. The standard InChI is InChI=1S/C22H19F2N3OS/c1-27-18(7-10-26-27)15-5-6-19(17(23)13-15)29-20-4-2-3-16(21(20)24)22(14-25)8-11-28-12-9-22/h2-7,10,13H,8-9,11-12H2,1H3. The zero-order chi connectivity index (χ0) is 20.4. The summed E-state index contributed by atoms with van der Waals surface area (Å²) in [4.78, 5) is 0.626. The molecule has 2 heterocycles. The third-order valence-corrected chi connectivity index (χ3v) is 6.39. The van der Waals surface area contributed by atoms with Gasteiger partial charge in [-0.3, -0.25) is 4.68 Å². The van der Waals surface area contributed by atoms with Gasteiger partial charge in [0.15, 0.2) is 0 Å². The third kappa shape index (κ3) is 3.66. The predicted molar refractivity (Wildman–Crippen MR) is 106 cm³/mol. The molecule has 4 rings (SSSR count). The van der Waals surface area contributed by atoms with Crippen LogP contribution in [-0.2, 0) is 17.2 Å². The van der Waals surface area contributed by atoms with Gasteiger partial charge in [-0.05, 0) is 37.1 Å². The summed E-state index contributed by atoms with van der Waals surface area (Å²) in [6.45, 7) is 0.850. The SMILES string of the molecule is Cn1nccc1-c1ccc(Sc2cccc(C3(C#N)CCOCC3)c2F)c(F)c1. The lowest BCUT2D eigenvalue weighted by Gasteiger charge is -2.31. The van der Waals surface area contributed by atoms with Gasteiger partial charge < -0.3 is 4.74 Å². The van der Waals surface area contributed by atoms with E-state index >= 15 is 4.39 Å². The van der Waals surface area contributed by atoms with Crippen molar-refractivity contribution >= 4 is 11.8 Å². The summed E-state index contributed by atoms with van der Waals surface area (Å²) in [5.74, 6) is -0.893. The van der Waals surface area contributed by atoms with E-state index in [1.54, 1.807) is 54.3 Å². The Labute approximate surface area is 172 Å². The number of hydrogen-bond donors (Lipinski definition) is 0. The Hall–Kier alpha value is -2.69. The predicted octanol–water partition coefficient (Wildman–Crippen LogP) is 5.09. The minimum atomic E-state index is -0.902. The van der Waals surface area contributed by atoms with Crippen molar-refractivity contribution in [2.75, 3.05) is 13.2 Å². The van der Waals surface area contributed by atoms with Gasteiger partial charge in [0.1, 0.15) is 11.6 Å². The lowest BCUT2D eigenvalue weighted by atomic mass is 9.75. The van der Waals surface area contributed by atoms with Gasteiger partial charge in [-0.15, -0.1) is 0 Å². The Kier molecular flexibility index (Phi) is 5.39. The van der Waals surface area contributed by atoms with Crippen molar-refractivity contribution in [3.63, 3.8) is 0 Å². The first-order valence-corrected chi connectivity index (χ1v) is 10.1. The van der Waals surface area contributed by atoms with Crippen LogP contribution >= 0.6 is 11.8 Å². The summed E-state index contributed by atoms with van der Waals surface area (Å²) in [6.07, 6.45) is 2.54. The van der Waals surface area contributed by atoms with Crippen molar-refractivity contribution in [2.45, 2.75) is 28.0 Å². The zero-order valence-corrected chi connectivity index (χ0v) is 16.7. The summed E-state index contributed by atoms with van der Waals surface area (Å²) in [5.41, 5.74) is 0.955. The molecule has 3 aromatic rings. The molecule has 0 unspecified atom stereocenters. The minimum Gasteiger partial charge on any atom is -0.381 e. The first kappa shape index (κ1) is 19.6. The maximum atomic E-state index is 15.3. The molecule has 0 aliphatic carbocycles. The molecular formula is C22H19F2N3OS. The average molecular weight is 411 g/mol. The number of nitrogens with zero attached hydrogens (tertiary/aromatic N) is 3. The smallest absolute Gasteiger partial charge is 0.141 e. The van der Waals surface area contributed by atoms with Crippen LogP contribution in [0.1, 0.15) is 18.4 Å². The number of halogens is 2. The second-order valence-corrected chi connectivity index (χ2v) is 8.10. The van der Waals surface area contributed by atoms with Crippen LogP contribution in [0.15, 0.2) is 58.5 Å². The monoisotopic (exact) mass is 411 g/mol. The lowest BCUT2D eigenvalue weighted by Crippen LogP contribution is -2.33. The van der Waals surface area contributed by atoms with Crippen molar-refractivity contribution < 1.29 is 13.5 Å². The Morgan fingerprint density at radius 1 is 1.14 bits per heavy atom. The quantitative estimate of drug-likeness (QED) is 0.600. The highest BCUT2D eigenvalue weighted by atomic mass is 32.2. The Morgan fingerprint density at radius 3 is 2.59 bits per heavy atom. The maximum Gasteiger partial charge on any atom is 0.141 e. The van der Waals surface area contributed by atoms with E-state index in [0.29, 0.717) is 47.0 Å². The van der Waals surface area contributed by atoms with Crippen LogP contribution in [0.4, 0.5) is 8.78 Å². The van der Waals surface area contributed by atoms with Crippen molar-refractivity contribution in [3.8, 4) is 17.3 Å². The van der Waals surface area contributed by atoms with Crippen LogP contribution in [-0.4, -0.2) is 23.0 Å². The van der Waals surface area contributed by atoms with Crippen LogP contribution in [0, 0.1) is 23.0 Å². The normalized spacial score (nSPS) is 15.8. The van der Waals surface area contributed by atoms with Crippen LogP contribution in [0.25, 0.3) is 11.3 Å². The second kappa shape index (κ2) is 7.97. The highest BCUT2D eigenvalue weighted by molar-refractivity contribution is 7.99. The molecular weight excluding hydrogens is 392 g/mol. The lowest BCUT2D eigenvalue weighted by molar-refractivity contribution is 0.0664. The van der Waals surface area contributed by atoms with Crippen molar-refractivity contribution in [2.24, 2.45) is 7.05 Å². The van der Waals surface area contributed by atoms with Gasteiger partial charge >= 0.3 is 0 Å². The molecule has 0 bridgehead atoms. The maximum absolute atomic E-state index is 15.3. The topological polar surface area (TPSA) is 50.8 Å². The van der Waals surface area contributed by atoms with E-state index in [1.807, 2.05) is 0 Å².